The van der Waals surface area contributed by atoms with Crippen LogP contribution in [0.4, 0.5) is 5.95 Å². The molecule has 0 atom stereocenters. The lowest BCUT2D eigenvalue weighted by Crippen LogP contribution is -2.15. The van der Waals surface area contributed by atoms with Crippen molar-refractivity contribution in [1.82, 2.24) is 14.3 Å². The molecule has 0 saturated carbocycles. The number of hydrogen-bond acceptors (Lipinski definition) is 7. The lowest BCUT2D eigenvalue weighted by molar-refractivity contribution is -0.113. The average Bonchev–Trinajstić information content (AvgIpc) is 3.08. The number of benzene rings is 1. The van der Waals surface area contributed by atoms with E-state index in [9.17, 15) is 10.1 Å². The molecule has 2 aromatic heterocycles. The molecule has 136 valence electrons. The van der Waals surface area contributed by atoms with E-state index in [1.807, 2.05) is 51.1 Å². The number of hydrogen-bond donors (Lipinski definition) is 1. The third-order valence-electron chi connectivity index (χ3n) is 3.74. The van der Waals surface area contributed by atoms with E-state index >= 15 is 0 Å². The molecule has 27 heavy (non-hydrogen) atoms. The highest BCUT2D eigenvalue weighted by molar-refractivity contribution is 8.00. The zero-order valence-corrected chi connectivity index (χ0v) is 16.7. The Hall–Kier alpha value is -2.76. The first-order chi connectivity index (χ1) is 13.0. The minimum atomic E-state index is -0.238. The van der Waals surface area contributed by atoms with Gasteiger partial charge in [0.2, 0.25) is 11.9 Å². The fraction of sp³-hybridized carbons (Fsp3) is 0.211. The van der Waals surface area contributed by atoms with Gasteiger partial charge in [0.1, 0.15) is 16.1 Å². The molecule has 1 amide bonds. The van der Waals surface area contributed by atoms with Crippen LogP contribution in [-0.2, 0) is 4.79 Å². The molecule has 8 heteroatoms. The zero-order valence-electron chi connectivity index (χ0n) is 15.1. The summed E-state index contributed by atoms with van der Waals surface area (Å²) in [6.45, 7) is 5.75. The highest BCUT2D eigenvalue weighted by atomic mass is 32.2. The highest BCUT2D eigenvalue weighted by Crippen LogP contribution is 2.25. The Balaban J connectivity index is 1.64. The van der Waals surface area contributed by atoms with E-state index in [1.165, 1.54) is 28.9 Å². The van der Waals surface area contributed by atoms with Crippen LogP contribution in [0.3, 0.4) is 0 Å². The number of carbonyl (C=O) groups excluding carboxylic acids is 1. The van der Waals surface area contributed by atoms with Crippen LogP contribution in [-0.4, -0.2) is 26.0 Å². The molecule has 0 aliphatic rings. The number of carbonyl (C=O) groups is 1. The van der Waals surface area contributed by atoms with Crippen molar-refractivity contribution in [3.63, 3.8) is 0 Å². The molecule has 0 aliphatic heterocycles. The van der Waals surface area contributed by atoms with Gasteiger partial charge in [0.05, 0.1) is 11.3 Å². The van der Waals surface area contributed by atoms with E-state index < -0.39 is 0 Å². The smallest absolute Gasteiger partial charge is 0.241 e. The molecule has 1 aromatic carbocycles. The van der Waals surface area contributed by atoms with Gasteiger partial charge < -0.3 is 0 Å². The van der Waals surface area contributed by atoms with Gasteiger partial charge in [0, 0.05) is 11.3 Å². The number of nitriles is 1. The topological polar surface area (TPSA) is 91.6 Å². The van der Waals surface area contributed by atoms with Crippen LogP contribution < -0.4 is 5.32 Å². The number of nitrogens with zero attached hydrogens (tertiary/aromatic N) is 4. The first-order valence-corrected chi connectivity index (χ1v) is 9.94. The maximum Gasteiger partial charge on any atom is 0.241 e. The van der Waals surface area contributed by atoms with E-state index in [2.05, 4.69) is 25.7 Å². The predicted octanol–water partition coefficient (Wildman–Crippen LogP) is 4.13. The third kappa shape index (κ3) is 4.70. The number of aryl methyl sites for hydroxylation is 3. The predicted molar refractivity (Wildman–Crippen MR) is 108 cm³/mol. The highest BCUT2D eigenvalue weighted by Gasteiger charge is 2.13. The third-order valence-corrected chi connectivity index (χ3v) is 5.48. The largest absolute Gasteiger partial charge is 0.293 e. The first-order valence-electron chi connectivity index (χ1n) is 8.18. The number of thioether (sulfide) groups is 1. The van der Waals surface area contributed by atoms with Crippen LogP contribution in [0.25, 0.3) is 10.6 Å². The fourth-order valence-electron chi connectivity index (χ4n) is 2.43. The number of anilines is 1. The molecular weight excluding hydrogens is 378 g/mol. The van der Waals surface area contributed by atoms with Crippen LogP contribution in [0.2, 0.25) is 0 Å². The second kappa shape index (κ2) is 8.29. The Bertz CT molecular complexity index is 1020. The Morgan fingerprint density at radius 3 is 2.67 bits per heavy atom. The minimum absolute atomic E-state index is 0.129. The minimum Gasteiger partial charge on any atom is -0.293 e. The van der Waals surface area contributed by atoms with Gasteiger partial charge in [-0.25, -0.2) is 4.98 Å². The number of aromatic nitrogens is 3. The molecule has 0 bridgehead atoms. The summed E-state index contributed by atoms with van der Waals surface area (Å²) in [5.74, 6) is 0.178. The number of rotatable bonds is 5. The molecular formula is C19H17N5OS2. The number of amides is 1. The second-order valence-corrected chi connectivity index (χ2v) is 7.71. The summed E-state index contributed by atoms with van der Waals surface area (Å²) in [5, 5.41) is 13.3. The van der Waals surface area contributed by atoms with Crippen LogP contribution in [0.1, 0.15) is 22.4 Å². The Morgan fingerprint density at radius 2 is 1.96 bits per heavy atom. The molecule has 3 aromatic rings. The van der Waals surface area contributed by atoms with Crippen LogP contribution in [0.15, 0.2) is 35.4 Å². The molecule has 3 rings (SSSR count). The average molecular weight is 396 g/mol. The van der Waals surface area contributed by atoms with Crippen molar-refractivity contribution in [3.8, 4) is 16.6 Å². The van der Waals surface area contributed by atoms with Crippen LogP contribution >= 0.6 is 23.3 Å². The van der Waals surface area contributed by atoms with Gasteiger partial charge >= 0.3 is 0 Å². The van der Waals surface area contributed by atoms with Gasteiger partial charge in [-0.15, -0.1) is 0 Å². The Morgan fingerprint density at radius 1 is 1.22 bits per heavy atom. The van der Waals surface area contributed by atoms with E-state index in [4.69, 9.17) is 0 Å². The summed E-state index contributed by atoms with van der Waals surface area (Å²) in [6.07, 6.45) is 0. The van der Waals surface area contributed by atoms with Gasteiger partial charge in [0.15, 0.2) is 0 Å². The molecule has 0 aliphatic carbocycles. The Kier molecular flexibility index (Phi) is 5.84. The van der Waals surface area contributed by atoms with Gasteiger partial charge in [-0.05, 0) is 43.9 Å². The molecule has 2 heterocycles. The standard InChI is InChI=1S/C19H17N5OS2/c1-11-4-6-14(7-5-11)17-23-19(24-27-17)22-16(25)10-26-18-15(9-20)12(2)8-13(3)21-18/h4-8H,10H2,1-3H3,(H,22,24,25). The molecule has 1 N–H and O–H groups in total. The molecule has 0 unspecified atom stereocenters. The lowest BCUT2D eigenvalue weighted by Gasteiger charge is -2.07. The summed E-state index contributed by atoms with van der Waals surface area (Å²) >= 11 is 2.47. The van der Waals surface area contributed by atoms with E-state index in [0.717, 1.165) is 21.8 Å². The summed E-state index contributed by atoms with van der Waals surface area (Å²) in [7, 11) is 0. The number of pyridine rings is 1. The van der Waals surface area contributed by atoms with Crippen LogP contribution in [0.5, 0.6) is 0 Å². The fourth-order valence-corrected chi connectivity index (χ4v) is 3.95. The maximum absolute atomic E-state index is 12.2. The summed E-state index contributed by atoms with van der Waals surface area (Å²) < 4.78 is 4.19. The van der Waals surface area contributed by atoms with Gasteiger partial charge in [-0.3, -0.25) is 10.1 Å². The summed E-state index contributed by atoms with van der Waals surface area (Å²) in [5.41, 5.74) is 4.32. The quantitative estimate of drug-likeness (QED) is 0.653. The van der Waals surface area contributed by atoms with E-state index in [0.29, 0.717) is 10.6 Å². The van der Waals surface area contributed by atoms with E-state index in [-0.39, 0.29) is 17.6 Å². The van der Waals surface area contributed by atoms with Gasteiger partial charge in [-0.1, -0.05) is 41.6 Å². The van der Waals surface area contributed by atoms with Crippen molar-refractivity contribution >= 4 is 35.1 Å². The Labute approximate surface area is 165 Å². The SMILES string of the molecule is Cc1ccc(-c2nc(NC(=O)CSc3nc(C)cc(C)c3C#N)ns2)cc1. The summed E-state index contributed by atoms with van der Waals surface area (Å²) in [6, 6.07) is 12.0. The second-order valence-electron chi connectivity index (χ2n) is 6.00. The van der Waals surface area contributed by atoms with Crippen molar-refractivity contribution in [1.29, 1.82) is 5.26 Å². The molecule has 0 saturated heterocycles. The normalized spacial score (nSPS) is 10.4. The monoisotopic (exact) mass is 395 g/mol. The van der Waals surface area contributed by atoms with Crippen molar-refractivity contribution in [2.45, 2.75) is 25.8 Å². The molecule has 0 radical (unpaired) electrons. The summed E-state index contributed by atoms with van der Waals surface area (Å²) in [4.78, 5) is 21.0. The lowest BCUT2D eigenvalue weighted by atomic mass is 10.1. The van der Waals surface area contributed by atoms with Gasteiger partial charge in [0.25, 0.3) is 0 Å². The van der Waals surface area contributed by atoms with E-state index in [1.54, 1.807) is 0 Å². The number of nitrogens with one attached hydrogen (secondary N) is 1. The van der Waals surface area contributed by atoms with Crippen LogP contribution in [0, 0.1) is 32.1 Å². The van der Waals surface area contributed by atoms with Crippen molar-refractivity contribution in [2.24, 2.45) is 0 Å². The molecule has 0 fully saturated rings. The first kappa shape index (κ1) is 19.0. The molecule has 6 nitrogen and oxygen atoms in total. The zero-order chi connectivity index (χ0) is 19.4. The van der Waals surface area contributed by atoms with Crippen molar-refractivity contribution < 1.29 is 4.79 Å². The molecule has 0 spiro atoms. The van der Waals surface area contributed by atoms with Crippen molar-refractivity contribution in [3.05, 3.63) is 52.7 Å². The maximum atomic E-state index is 12.2. The van der Waals surface area contributed by atoms with Gasteiger partial charge in [-0.2, -0.15) is 14.6 Å². The van der Waals surface area contributed by atoms with Crippen molar-refractivity contribution in [2.75, 3.05) is 11.1 Å².